The molecule has 12 nitrogen and oxygen atoms in total. The lowest BCUT2D eigenvalue weighted by Crippen LogP contribution is -2.15. The fourth-order valence-electron chi connectivity index (χ4n) is 4.79. The molecular weight excluding hydrogens is 526 g/mol. The second-order valence-electron chi connectivity index (χ2n) is 9.60. The Hall–Kier alpha value is -4.87. The van der Waals surface area contributed by atoms with Crippen LogP contribution in [0.25, 0.3) is 11.0 Å². The maximum Gasteiger partial charge on any atom is 0.338 e. The molecule has 0 saturated heterocycles. The van der Waals surface area contributed by atoms with E-state index in [1.165, 1.54) is 14.2 Å². The van der Waals surface area contributed by atoms with E-state index >= 15 is 0 Å². The number of nitrogens with two attached hydrogens (primary N) is 2. The van der Waals surface area contributed by atoms with E-state index in [1.807, 2.05) is 24.5 Å². The molecule has 0 atom stereocenters. The molecular formula is C29H35N7O5. The van der Waals surface area contributed by atoms with E-state index in [0.29, 0.717) is 64.9 Å². The number of amides is 1. The van der Waals surface area contributed by atoms with Crippen LogP contribution >= 0.6 is 0 Å². The molecule has 1 amide bonds. The van der Waals surface area contributed by atoms with Gasteiger partial charge in [0.15, 0.2) is 5.78 Å². The normalized spacial score (nSPS) is 11.0. The number of esters is 1. The SMILES string of the molecule is CCn1nc(C)cc1C(=O)Cc1nc2cc(C(N)=O)ccc2n1CCCCNc1c(N)cc(C(=O)OC)cc1OC. The van der Waals surface area contributed by atoms with E-state index in [-0.39, 0.29) is 12.2 Å². The Kier molecular flexibility index (Phi) is 8.91. The van der Waals surface area contributed by atoms with Gasteiger partial charge in [0.05, 0.1) is 48.6 Å². The monoisotopic (exact) mass is 561 g/mol. The van der Waals surface area contributed by atoms with Crippen molar-refractivity contribution in [2.24, 2.45) is 5.73 Å². The summed E-state index contributed by atoms with van der Waals surface area (Å²) in [5.74, 6) is -0.0785. The fourth-order valence-corrected chi connectivity index (χ4v) is 4.79. The average Bonchev–Trinajstić information content (AvgIpc) is 3.51. The topological polar surface area (TPSA) is 169 Å². The van der Waals surface area contributed by atoms with Gasteiger partial charge in [-0.05, 0) is 63.1 Å². The molecule has 216 valence electrons. The van der Waals surface area contributed by atoms with E-state index in [1.54, 1.807) is 35.0 Å². The van der Waals surface area contributed by atoms with Crippen molar-refractivity contribution >= 4 is 40.1 Å². The van der Waals surface area contributed by atoms with Crippen molar-refractivity contribution in [3.8, 4) is 5.75 Å². The van der Waals surface area contributed by atoms with Crippen molar-refractivity contribution < 1.29 is 23.9 Å². The number of nitrogens with zero attached hydrogens (tertiary/aromatic N) is 4. The average molecular weight is 562 g/mol. The van der Waals surface area contributed by atoms with Crippen LogP contribution < -0.4 is 21.5 Å². The molecule has 0 spiro atoms. The number of anilines is 2. The summed E-state index contributed by atoms with van der Waals surface area (Å²) in [6.07, 6.45) is 1.60. The highest BCUT2D eigenvalue weighted by atomic mass is 16.5. The van der Waals surface area contributed by atoms with Gasteiger partial charge in [0.25, 0.3) is 0 Å². The number of imidazole rings is 1. The number of hydrogen-bond donors (Lipinski definition) is 3. The second-order valence-corrected chi connectivity index (χ2v) is 9.60. The van der Waals surface area contributed by atoms with Crippen LogP contribution in [0.2, 0.25) is 0 Å². The zero-order chi connectivity index (χ0) is 29.7. The van der Waals surface area contributed by atoms with Gasteiger partial charge in [0, 0.05) is 25.2 Å². The zero-order valence-corrected chi connectivity index (χ0v) is 23.7. The molecule has 12 heteroatoms. The first kappa shape index (κ1) is 29.1. The van der Waals surface area contributed by atoms with Gasteiger partial charge < -0.3 is 30.8 Å². The summed E-state index contributed by atoms with van der Waals surface area (Å²) in [5.41, 5.74) is 16.0. The van der Waals surface area contributed by atoms with Gasteiger partial charge >= 0.3 is 5.97 Å². The predicted octanol–water partition coefficient (Wildman–Crippen LogP) is 3.36. The predicted molar refractivity (Wildman–Crippen MR) is 155 cm³/mol. The highest BCUT2D eigenvalue weighted by molar-refractivity contribution is 5.98. The molecule has 0 radical (unpaired) electrons. The largest absolute Gasteiger partial charge is 0.494 e. The molecule has 0 aliphatic carbocycles. The van der Waals surface area contributed by atoms with Gasteiger partial charge in [0.2, 0.25) is 5.91 Å². The summed E-state index contributed by atoms with van der Waals surface area (Å²) in [4.78, 5) is 41.6. The molecule has 2 heterocycles. The Morgan fingerprint density at radius 2 is 1.83 bits per heavy atom. The molecule has 0 aliphatic heterocycles. The van der Waals surface area contributed by atoms with E-state index in [9.17, 15) is 14.4 Å². The summed E-state index contributed by atoms with van der Waals surface area (Å²) in [6, 6.07) is 10.0. The summed E-state index contributed by atoms with van der Waals surface area (Å²) < 4.78 is 13.9. The van der Waals surface area contributed by atoms with Crippen molar-refractivity contribution in [3.05, 3.63) is 64.7 Å². The molecule has 0 fully saturated rings. The van der Waals surface area contributed by atoms with E-state index in [4.69, 9.17) is 25.9 Å². The third kappa shape index (κ3) is 6.32. The molecule has 0 bridgehead atoms. The number of hydrogen-bond acceptors (Lipinski definition) is 9. The minimum atomic E-state index is -0.540. The number of aryl methyl sites for hydroxylation is 3. The van der Waals surface area contributed by atoms with E-state index < -0.39 is 11.9 Å². The van der Waals surface area contributed by atoms with Crippen LogP contribution in [0.5, 0.6) is 5.75 Å². The number of methoxy groups -OCH3 is 2. The number of aromatic nitrogens is 4. The summed E-state index contributed by atoms with van der Waals surface area (Å²) in [6.45, 7) is 5.56. The highest BCUT2D eigenvalue weighted by Gasteiger charge is 2.20. The number of carbonyl (C=O) groups is 3. The minimum absolute atomic E-state index is 0.0845. The van der Waals surface area contributed by atoms with Crippen molar-refractivity contribution in [3.63, 3.8) is 0 Å². The van der Waals surface area contributed by atoms with Gasteiger partial charge in [-0.15, -0.1) is 0 Å². The quantitative estimate of drug-likeness (QED) is 0.0958. The first-order valence-electron chi connectivity index (χ1n) is 13.3. The number of ketones is 1. The molecule has 41 heavy (non-hydrogen) atoms. The number of Topliss-reactive ketones (excluding diaryl/α,β-unsaturated/α-hetero) is 1. The van der Waals surface area contributed by atoms with Gasteiger partial charge in [-0.3, -0.25) is 14.3 Å². The molecule has 0 aliphatic rings. The van der Waals surface area contributed by atoms with E-state index in [0.717, 1.165) is 24.1 Å². The van der Waals surface area contributed by atoms with Gasteiger partial charge in [-0.1, -0.05) is 0 Å². The molecule has 2 aromatic heterocycles. The number of nitrogen functional groups attached to an aromatic ring is 1. The standard InChI is InChI=1S/C29H35N7O5/c1-5-36-23(12-17(2)34-36)24(37)16-26-33-21-14-18(28(31)38)8-9-22(21)35(26)11-7-6-10-32-27-20(30)13-19(29(39)41-4)15-25(27)40-3/h8-9,12-15,32H,5-7,10-11,16,30H2,1-4H3,(H2,31,38). The molecule has 0 saturated carbocycles. The Morgan fingerprint density at radius 1 is 1.05 bits per heavy atom. The van der Waals surface area contributed by atoms with Crippen LogP contribution in [-0.4, -0.2) is 57.8 Å². The van der Waals surface area contributed by atoms with Crippen LogP contribution in [0.15, 0.2) is 36.4 Å². The second kappa shape index (κ2) is 12.5. The van der Waals surface area contributed by atoms with E-state index in [2.05, 4.69) is 10.4 Å². The third-order valence-corrected chi connectivity index (χ3v) is 6.80. The van der Waals surface area contributed by atoms with Crippen LogP contribution in [0, 0.1) is 6.92 Å². The molecule has 5 N–H and O–H groups in total. The number of unbranched alkanes of at least 4 members (excludes halogenated alkanes) is 1. The zero-order valence-electron chi connectivity index (χ0n) is 23.7. The van der Waals surface area contributed by atoms with Crippen LogP contribution in [-0.2, 0) is 24.2 Å². The minimum Gasteiger partial charge on any atom is -0.494 e. The first-order chi connectivity index (χ1) is 19.7. The molecule has 0 unspecified atom stereocenters. The summed E-state index contributed by atoms with van der Waals surface area (Å²) in [5, 5.41) is 7.68. The maximum absolute atomic E-state index is 13.3. The maximum atomic E-state index is 13.3. The van der Waals surface area contributed by atoms with Gasteiger partial charge in [-0.25, -0.2) is 9.78 Å². The molecule has 4 rings (SSSR count). The Morgan fingerprint density at radius 3 is 2.51 bits per heavy atom. The summed E-state index contributed by atoms with van der Waals surface area (Å²) >= 11 is 0. The third-order valence-electron chi connectivity index (χ3n) is 6.80. The Labute approximate surface area is 237 Å². The van der Waals surface area contributed by atoms with Crippen molar-refractivity contribution in [1.29, 1.82) is 0 Å². The lowest BCUT2D eigenvalue weighted by atomic mass is 10.1. The summed E-state index contributed by atoms with van der Waals surface area (Å²) in [7, 11) is 2.81. The number of primary amides is 1. The van der Waals surface area contributed by atoms with Gasteiger partial charge in [-0.2, -0.15) is 5.10 Å². The lowest BCUT2D eigenvalue weighted by molar-refractivity contribution is 0.0600. The first-order valence-corrected chi connectivity index (χ1v) is 13.3. The lowest BCUT2D eigenvalue weighted by Gasteiger charge is -2.15. The van der Waals surface area contributed by atoms with Crippen LogP contribution in [0.1, 0.15) is 62.5 Å². The highest BCUT2D eigenvalue weighted by Crippen LogP contribution is 2.32. The molecule has 2 aromatic carbocycles. The number of carbonyl (C=O) groups excluding carboxylic acids is 3. The number of ether oxygens (including phenoxy) is 2. The van der Waals surface area contributed by atoms with Gasteiger partial charge in [0.1, 0.15) is 23.0 Å². The van der Waals surface area contributed by atoms with Crippen molar-refractivity contribution in [2.45, 2.75) is 46.2 Å². The fraction of sp³-hybridized carbons (Fsp3) is 0.345. The van der Waals surface area contributed by atoms with Crippen LogP contribution in [0.3, 0.4) is 0 Å². The smallest absolute Gasteiger partial charge is 0.338 e. The molecule has 4 aromatic rings. The number of benzene rings is 2. The van der Waals surface area contributed by atoms with Crippen LogP contribution in [0.4, 0.5) is 11.4 Å². The number of rotatable bonds is 13. The van der Waals surface area contributed by atoms with Crippen molar-refractivity contribution in [1.82, 2.24) is 19.3 Å². The Bertz CT molecular complexity index is 1600. The number of nitrogens with one attached hydrogen (secondary N) is 1. The number of fused-ring (bicyclic) bond motifs is 1. The van der Waals surface area contributed by atoms with Crippen molar-refractivity contribution in [2.75, 3.05) is 31.8 Å². The Balaban J connectivity index is 1.50.